The summed E-state index contributed by atoms with van der Waals surface area (Å²) in [6.45, 7) is 0. The summed E-state index contributed by atoms with van der Waals surface area (Å²) in [4.78, 5) is 0. The Hall–Kier alpha value is 2.10. The molecule has 0 rings (SSSR count). The predicted molar refractivity (Wildman–Crippen MR) is 77.1 cm³/mol. The molecule has 0 fully saturated rings. The molecule has 0 aliphatic carbocycles. The van der Waals surface area contributed by atoms with E-state index < -0.39 is 0 Å². The maximum Gasteiger partial charge on any atom is 0.00634 e. The highest BCUT2D eigenvalue weighted by molar-refractivity contribution is 8.69. The molecule has 0 aliphatic rings. The van der Waals surface area contributed by atoms with E-state index in [2.05, 4.69) is 35.0 Å². The van der Waals surface area contributed by atoms with Crippen LogP contribution in [0.2, 0.25) is 0 Å². The van der Waals surface area contributed by atoms with Gasteiger partial charge >= 0.3 is 0 Å². The molecule has 0 aromatic carbocycles. The molecular weight excluding hydrogens is 264 g/mol. The lowest BCUT2D eigenvalue weighted by Gasteiger charge is -2.12. The first-order valence-corrected chi connectivity index (χ1v) is 9.75. The number of hydrogen-bond acceptors (Lipinski definition) is 6. The van der Waals surface area contributed by atoms with Crippen LogP contribution in [0, 0.1) is 5.92 Å². The van der Waals surface area contributed by atoms with Gasteiger partial charge in [-0.2, -0.15) is 0 Å². The summed E-state index contributed by atoms with van der Waals surface area (Å²) in [5.41, 5.74) is 0. The predicted octanol–water partition coefficient (Wildman–Crippen LogP) is 4.12. The standard InChI is InChI=1S/C6H14S6/c7-10-3-1-6(5-12-9)2-4-11-8/h6-9H,1-5H2. The van der Waals surface area contributed by atoms with Crippen molar-refractivity contribution in [1.29, 1.82) is 0 Å². The van der Waals surface area contributed by atoms with Crippen LogP contribution < -0.4 is 0 Å². The SMILES string of the molecule is SSCCC(CCSS)CSS. The van der Waals surface area contributed by atoms with Crippen molar-refractivity contribution in [2.75, 3.05) is 17.3 Å². The summed E-state index contributed by atoms with van der Waals surface area (Å²) in [6, 6.07) is 0. The smallest absolute Gasteiger partial charge is 0.00634 e. The first-order chi connectivity index (χ1) is 5.85. The van der Waals surface area contributed by atoms with Crippen molar-refractivity contribution in [1.82, 2.24) is 0 Å². The summed E-state index contributed by atoms with van der Waals surface area (Å²) >= 11 is 12.4. The average Bonchev–Trinajstić information content (AvgIpc) is 2.10. The first kappa shape index (κ1) is 14.1. The molecule has 74 valence electrons. The van der Waals surface area contributed by atoms with Crippen molar-refractivity contribution >= 4 is 67.4 Å². The monoisotopic (exact) mass is 278 g/mol. The van der Waals surface area contributed by atoms with Gasteiger partial charge < -0.3 is 0 Å². The topological polar surface area (TPSA) is 0 Å². The van der Waals surface area contributed by atoms with Crippen molar-refractivity contribution in [3.63, 3.8) is 0 Å². The highest BCUT2D eigenvalue weighted by Gasteiger charge is 2.07. The van der Waals surface area contributed by atoms with Crippen molar-refractivity contribution in [3.05, 3.63) is 0 Å². The number of hydrogen-bond donors (Lipinski definition) is 3. The Kier molecular flexibility index (Phi) is 13.1. The van der Waals surface area contributed by atoms with E-state index in [-0.39, 0.29) is 0 Å². The molecule has 0 radical (unpaired) electrons. The summed E-state index contributed by atoms with van der Waals surface area (Å²) in [7, 11) is 4.88. The summed E-state index contributed by atoms with van der Waals surface area (Å²) < 4.78 is 0. The zero-order valence-electron chi connectivity index (χ0n) is 6.68. The summed E-state index contributed by atoms with van der Waals surface area (Å²) in [5, 5.41) is 0. The van der Waals surface area contributed by atoms with Gasteiger partial charge in [0.05, 0.1) is 0 Å². The molecule has 0 spiro atoms. The zero-order valence-corrected chi connectivity index (χ0v) is 11.8. The second-order valence-electron chi connectivity index (χ2n) is 2.41. The molecule has 12 heavy (non-hydrogen) atoms. The van der Waals surface area contributed by atoms with Gasteiger partial charge in [-0.25, -0.2) is 0 Å². The third-order valence-corrected chi connectivity index (χ3v) is 4.54. The summed E-state index contributed by atoms with van der Waals surface area (Å²) in [6.07, 6.45) is 2.49. The van der Waals surface area contributed by atoms with E-state index in [1.54, 1.807) is 32.4 Å². The van der Waals surface area contributed by atoms with Crippen LogP contribution in [0.4, 0.5) is 0 Å². The molecule has 0 unspecified atom stereocenters. The van der Waals surface area contributed by atoms with Crippen molar-refractivity contribution in [3.8, 4) is 0 Å². The molecule has 6 heteroatoms. The van der Waals surface area contributed by atoms with Gasteiger partial charge in [0, 0.05) is 17.3 Å². The molecule has 0 saturated heterocycles. The molecule has 0 saturated carbocycles. The van der Waals surface area contributed by atoms with Crippen LogP contribution in [0.3, 0.4) is 0 Å². The molecule has 0 aromatic rings. The summed E-state index contributed by atoms with van der Waals surface area (Å²) in [5.74, 6) is 4.21. The van der Waals surface area contributed by atoms with Gasteiger partial charge in [0.2, 0.25) is 0 Å². The zero-order chi connectivity index (χ0) is 9.23. The van der Waals surface area contributed by atoms with Crippen LogP contribution in [-0.2, 0) is 0 Å². The number of thiol groups is 3. The van der Waals surface area contributed by atoms with Gasteiger partial charge in [0.25, 0.3) is 0 Å². The van der Waals surface area contributed by atoms with Gasteiger partial charge in [-0.1, -0.05) is 32.4 Å². The van der Waals surface area contributed by atoms with Crippen LogP contribution >= 0.6 is 67.4 Å². The van der Waals surface area contributed by atoms with Gasteiger partial charge in [-0.3, -0.25) is 0 Å². The van der Waals surface area contributed by atoms with Gasteiger partial charge in [0.1, 0.15) is 0 Å². The van der Waals surface area contributed by atoms with Crippen LogP contribution in [0.15, 0.2) is 0 Å². The maximum absolute atomic E-state index is 4.17. The molecule has 0 heterocycles. The first-order valence-electron chi connectivity index (χ1n) is 3.64. The molecule has 0 aliphatic heterocycles. The Labute approximate surface area is 103 Å². The lowest BCUT2D eigenvalue weighted by Crippen LogP contribution is -2.05. The van der Waals surface area contributed by atoms with Crippen LogP contribution in [-0.4, -0.2) is 17.3 Å². The fourth-order valence-electron chi connectivity index (χ4n) is 0.855. The Balaban J connectivity index is 3.40. The largest absolute Gasteiger partial charge is 0.111 e. The van der Waals surface area contributed by atoms with E-state index in [0.29, 0.717) is 0 Å². The molecule has 0 atom stereocenters. The fraction of sp³-hybridized carbons (Fsp3) is 1.00. The van der Waals surface area contributed by atoms with E-state index in [1.165, 1.54) is 12.8 Å². The average molecular weight is 279 g/mol. The van der Waals surface area contributed by atoms with Gasteiger partial charge in [-0.05, 0) is 18.8 Å². The van der Waals surface area contributed by atoms with Crippen molar-refractivity contribution < 1.29 is 0 Å². The van der Waals surface area contributed by atoms with Crippen LogP contribution in [0.1, 0.15) is 12.8 Å². The van der Waals surface area contributed by atoms with Gasteiger partial charge in [0.15, 0.2) is 0 Å². The van der Waals surface area contributed by atoms with E-state index >= 15 is 0 Å². The third-order valence-electron chi connectivity index (χ3n) is 1.55. The third kappa shape index (κ3) is 8.69. The minimum atomic E-state index is 0.784. The second-order valence-corrected chi connectivity index (χ2v) is 6.65. The van der Waals surface area contributed by atoms with Crippen molar-refractivity contribution in [2.24, 2.45) is 5.92 Å². The van der Waals surface area contributed by atoms with E-state index in [9.17, 15) is 0 Å². The highest BCUT2D eigenvalue weighted by atomic mass is 33.1. The van der Waals surface area contributed by atoms with Crippen LogP contribution in [0.5, 0.6) is 0 Å². The van der Waals surface area contributed by atoms with Crippen LogP contribution in [0.25, 0.3) is 0 Å². The Morgan fingerprint density at radius 3 is 1.67 bits per heavy atom. The lowest BCUT2D eigenvalue weighted by atomic mass is 10.1. The van der Waals surface area contributed by atoms with E-state index in [4.69, 9.17) is 0 Å². The Morgan fingerprint density at radius 1 is 0.833 bits per heavy atom. The minimum absolute atomic E-state index is 0.784. The molecule has 0 nitrogen and oxygen atoms in total. The molecule has 0 bridgehead atoms. The highest BCUT2D eigenvalue weighted by Crippen LogP contribution is 2.23. The lowest BCUT2D eigenvalue weighted by molar-refractivity contribution is 0.565. The van der Waals surface area contributed by atoms with E-state index in [1.807, 2.05) is 0 Å². The second kappa shape index (κ2) is 11.2. The quantitative estimate of drug-likeness (QED) is 0.452. The van der Waals surface area contributed by atoms with Crippen molar-refractivity contribution in [2.45, 2.75) is 12.8 Å². The molecule has 0 N–H and O–H groups in total. The minimum Gasteiger partial charge on any atom is -0.111 e. The molecule has 0 amide bonds. The normalized spacial score (nSPS) is 11.0. The van der Waals surface area contributed by atoms with Gasteiger partial charge in [-0.15, -0.1) is 35.0 Å². The number of rotatable bonds is 8. The Morgan fingerprint density at radius 2 is 1.33 bits per heavy atom. The Bertz CT molecular complexity index is 80.1. The fourth-order valence-corrected chi connectivity index (χ4v) is 3.54. The van der Waals surface area contributed by atoms with E-state index in [0.717, 1.165) is 23.2 Å². The molecule has 0 aromatic heterocycles. The maximum atomic E-state index is 4.17. The molecular formula is C6H14S6.